The fourth-order valence-electron chi connectivity index (χ4n) is 2.69. The van der Waals surface area contributed by atoms with Crippen molar-refractivity contribution in [2.75, 3.05) is 31.5 Å². The van der Waals surface area contributed by atoms with Gasteiger partial charge in [-0.1, -0.05) is 6.07 Å². The lowest BCUT2D eigenvalue weighted by molar-refractivity contribution is -0.385. The summed E-state index contributed by atoms with van der Waals surface area (Å²) in [5.74, 6) is -0.483. The molecule has 0 atom stereocenters. The maximum absolute atomic E-state index is 13.4. The van der Waals surface area contributed by atoms with E-state index in [2.05, 4.69) is 10.6 Å². The molecule has 1 aliphatic heterocycles. The predicted octanol–water partition coefficient (Wildman–Crippen LogP) is 2.07. The van der Waals surface area contributed by atoms with Crippen LogP contribution >= 0.6 is 0 Å². The van der Waals surface area contributed by atoms with Crippen LogP contribution in [0, 0.1) is 15.9 Å². The lowest BCUT2D eigenvalue weighted by Crippen LogP contribution is -2.46. The van der Waals surface area contributed by atoms with Crippen molar-refractivity contribution in [1.82, 2.24) is 9.62 Å². The summed E-state index contributed by atoms with van der Waals surface area (Å²) in [5, 5.41) is 17.0. The van der Waals surface area contributed by atoms with Crippen molar-refractivity contribution in [3.8, 4) is 0 Å². The molecule has 0 amide bonds. The van der Waals surface area contributed by atoms with Gasteiger partial charge in [0.05, 0.1) is 10.6 Å². The molecule has 0 spiro atoms. The highest BCUT2D eigenvalue weighted by Crippen LogP contribution is 2.31. The molecule has 0 saturated carbocycles. The quantitative estimate of drug-likeness (QED) is 0.608. The van der Waals surface area contributed by atoms with Crippen LogP contribution in [0.1, 0.15) is 0 Å². The molecule has 0 unspecified atom stereocenters. The molecule has 1 heterocycles. The number of benzene rings is 2. The molecule has 0 bridgehead atoms. The van der Waals surface area contributed by atoms with Crippen molar-refractivity contribution in [3.63, 3.8) is 0 Å². The van der Waals surface area contributed by atoms with Gasteiger partial charge in [-0.3, -0.25) is 10.1 Å². The van der Waals surface area contributed by atoms with Gasteiger partial charge in [-0.15, -0.1) is 0 Å². The molecule has 26 heavy (non-hydrogen) atoms. The Bertz CT molecular complexity index is 930. The number of rotatable bonds is 5. The summed E-state index contributed by atoms with van der Waals surface area (Å²) < 4.78 is 40.7. The molecular formula is C16H17FN4O4S. The summed E-state index contributed by atoms with van der Waals surface area (Å²) in [6, 6.07) is 9.08. The molecule has 1 fully saturated rings. The number of nitro groups is 1. The number of hydrogen-bond donors (Lipinski definition) is 2. The van der Waals surface area contributed by atoms with Gasteiger partial charge >= 0.3 is 0 Å². The number of sulfonamides is 1. The molecule has 1 saturated heterocycles. The Morgan fingerprint density at radius 1 is 1.15 bits per heavy atom. The average molecular weight is 380 g/mol. The topological polar surface area (TPSA) is 105 Å². The van der Waals surface area contributed by atoms with E-state index in [0.29, 0.717) is 18.8 Å². The normalized spacial score (nSPS) is 15.6. The molecule has 2 aromatic carbocycles. The third-order valence-electron chi connectivity index (χ3n) is 3.97. The molecule has 1 aliphatic rings. The fraction of sp³-hybridized carbons (Fsp3) is 0.250. The van der Waals surface area contributed by atoms with Crippen molar-refractivity contribution in [2.24, 2.45) is 0 Å². The molecular weight excluding hydrogens is 363 g/mol. The summed E-state index contributed by atoms with van der Waals surface area (Å²) in [4.78, 5) is 10.2. The van der Waals surface area contributed by atoms with E-state index in [4.69, 9.17) is 0 Å². The zero-order valence-electron chi connectivity index (χ0n) is 13.7. The molecule has 0 aliphatic carbocycles. The zero-order chi connectivity index (χ0) is 18.7. The number of non-ortho nitro benzene ring substituents is 1. The van der Waals surface area contributed by atoms with Crippen LogP contribution in [0.15, 0.2) is 47.4 Å². The van der Waals surface area contributed by atoms with E-state index in [1.54, 1.807) is 6.07 Å². The summed E-state index contributed by atoms with van der Waals surface area (Å²) in [5.41, 5.74) is 0.166. The van der Waals surface area contributed by atoms with Crippen molar-refractivity contribution >= 4 is 27.1 Å². The molecule has 8 nitrogen and oxygen atoms in total. The second kappa shape index (κ2) is 7.36. The van der Waals surface area contributed by atoms with Gasteiger partial charge < -0.3 is 10.6 Å². The Morgan fingerprint density at radius 2 is 1.88 bits per heavy atom. The van der Waals surface area contributed by atoms with Gasteiger partial charge in [-0.05, 0) is 24.3 Å². The number of halogens is 1. The van der Waals surface area contributed by atoms with E-state index in [-0.39, 0.29) is 29.4 Å². The van der Waals surface area contributed by atoms with Gasteiger partial charge in [0.25, 0.3) is 5.69 Å². The maximum Gasteiger partial charge on any atom is 0.270 e. The van der Waals surface area contributed by atoms with Crippen LogP contribution in [-0.2, 0) is 10.0 Å². The molecule has 2 N–H and O–H groups in total. The Hall–Kier alpha value is -2.56. The van der Waals surface area contributed by atoms with E-state index in [1.165, 1.54) is 34.6 Å². The van der Waals surface area contributed by atoms with Gasteiger partial charge in [-0.25, -0.2) is 12.8 Å². The van der Waals surface area contributed by atoms with Crippen LogP contribution in [-0.4, -0.2) is 43.8 Å². The Kier molecular flexibility index (Phi) is 5.16. The zero-order valence-corrected chi connectivity index (χ0v) is 14.5. The van der Waals surface area contributed by atoms with Crippen molar-refractivity contribution in [3.05, 3.63) is 58.4 Å². The minimum Gasteiger partial charge on any atom is -0.354 e. The lowest BCUT2D eigenvalue weighted by Gasteiger charge is -2.27. The molecule has 2 aromatic rings. The summed E-state index contributed by atoms with van der Waals surface area (Å²) in [7, 11) is -3.95. The Morgan fingerprint density at radius 3 is 2.54 bits per heavy atom. The summed E-state index contributed by atoms with van der Waals surface area (Å²) in [6.45, 7) is 1.54. The SMILES string of the molecule is O=[N+]([O-])c1ccc(Nc2cccc(F)c2)c(S(=O)(=O)N2CCNCC2)c1. The molecule has 3 rings (SSSR count). The van der Waals surface area contributed by atoms with Crippen LogP contribution in [0.4, 0.5) is 21.5 Å². The summed E-state index contributed by atoms with van der Waals surface area (Å²) >= 11 is 0. The summed E-state index contributed by atoms with van der Waals surface area (Å²) in [6.07, 6.45) is 0. The highest BCUT2D eigenvalue weighted by molar-refractivity contribution is 7.89. The van der Waals surface area contributed by atoms with Gasteiger partial charge in [-0.2, -0.15) is 4.31 Å². The first kappa shape index (κ1) is 18.2. The number of nitrogens with zero attached hydrogens (tertiary/aromatic N) is 2. The van der Waals surface area contributed by atoms with Crippen LogP contribution < -0.4 is 10.6 Å². The fourth-order valence-corrected chi connectivity index (χ4v) is 4.29. The molecule has 0 aromatic heterocycles. The van der Waals surface area contributed by atoms with E-state index >= 15 is 0 Å². The van der Waals surface area contributed by atoms with Crippen molar-refractivity contribution in [2.45, 2.75) is 4.90 Å². The molecule has 138 valence electrons. The monoisotopic (exact) mass is 380 g/mol. The van der Waals surface area contributed by atoms with Crippen molar-refractivity contribution < 1.29 is 17.7 Å². The number of hydrogen-bond acceptors (Lipinski definition) is 6. The van der Waals surface area contributed by atoms with Gasteiger partial charge in [0.2, 0.25) is 10.0 Å². The smallest absolute Gasteiger partial charge is 0.270 e. The first-order valence-electron chi connectivity index (χ1n) is 7.90. The van der Waals surface area contributed by atoms with Crippen LogP contribution in [0.25, 0.3) is 0 Å². The van der Waals surface area contributed by atoms with Crippen molar-refractivity contribution in [1.29, 1.82) is 0 Å². The van der Waals surface area contributed by atoms with E-state index in [9.17, 15) is 22.9 Å². The third kappa shape index (κ3) is 3.82. The largest absolute Gasteiger partial charge is 0.354 e. The average Bonchev–Trinajstić information content (AvgIpc) is 2.62. The second-order valence-corrected chi connectivity index (χ2v) is 7.63. The maximum atomic E-state index is 13.4. The van der Waals surface area contributed by atoms with E-state index < -0.39 is 20.8 Å². The highest BCUT2D eigenvalue weighted by atomic mass is 32.2. The molecule has 10 heteroatoms. The predicted molar refractivity (Wildman–Crippen MR) is 94.4 cm³/mol. The van der Waals surface area contributed by atoms with Gasteiger partial charge in [0.15, 0.2) is 0 Å². The van der Waals surface area contributed by atoms with Gasteiger partial charge in [0.1, 0.15) is 10.7 Å². The first-order chi connectivity index (χ1) is 12.4. The Balaban J connectivity index is 2.05. The number of nitro benzene ring substituents is 1. The van der Waals surface area contributed by atoms with E-state index in [1.807, 2.05) is 0 Å². The van der Waals surface area contributed by atoms with Crippen LogP contribution in [0.5, 0.6) is 0 Å². The highest BCUT2D eigenvalue weighted by Gasteiger charge is 2.30. The van der Waals surface area contributed by atoms with Crippen LogP contribution in [0.2, 0.25) is 0 Å². The number of nitrogens with one attached hydrogen (secondary N) is 2. The Labute approximate surface area is 149 Å². The second-order valence-electron chi connectivity index (χ2n) is 5.73. The lowest BCUT2D eigenvalue weighted by atomic mass is 10.2. The third-order valence-corrected chi connectivity index (χ3v) is 5.91. The standard InChI is InChI=1S/C16H17FN4O4S/c17-12-2-1-3-13(10-12)19-15-5-4-14(21(22)23)11-16(15)26(24,25)20-8-6-18-7-9-20/h1-5,10-11,18-19H,6-9H2. The van der Waals surface area contributed by atoms with Gasteiger partial charge in [0, 0.05) is 44.0 Å². The minimum absolute atomic E-state index is 0.153. The minimum atomic E-state index is -3.95. The first-order valence-corrected chi connectivity index (χ1v) is 9.34. The number of anilines is 2. The number of piperazine rings is 1. The molecule has 0 radical (unpaired) electrons. The van der Waals surface area contributed by atoms with Crippen LogP contribution in [0.3, 0.4) is 0 Å². The van der Waals surface area contributed by atoms with E-state index in [0.717, 1.165) is 6.07 Å².